The molecule has 0 fully saturated rings. The number of ether oxygens (including phenoxy) is 3. The highest BCUT2D eigenvalue weighted by Crippen LogP contribution is 2.29. The molecule has 6 nitrogen and oxygen atoms in total. The van der Waals surface area contributed by atoms with Crippen LogP contribution in [0.4, 0.5) is 5.69 Å². The lowest BCUT2D eigenvalue weighted by atomic mass is 10.2. The number of esters is 1. The van der Waals surface area contributed by atoms with Crippen LogP contribution < -0.4 is 14.8 Å². The molecule has 0 saturated carbocycles. The molecule has 0 aliphatic rings. The molecule has 0 saturated heterocycles. The molecule has 2 aromatic rings. The van der Waals surface area contributed by atoms with E-state index in [9.17, 15) is 9.59 Å². The first-order chi connectivity index (χ1) is 12.8. The molecule has 7 heteroatoms. The largest absolute Gasteiger partial charge is 0.493 e. The van der Waals surface area contributed by atoms with Gasteiger partial charge >= 0.3 is 5.97 Å². The molecule has 1 amide bonds. The average molecular weight is 392 g/mol. The predicted octanol–water partition coefficient (Wildman–Crippen LogP) is 4.32. The summed E-state index contributed by atoms with van der Waals surface area (Å²) in [6.45, 7) is 5.27. The number of nitrogens with one attached hydrogen (secondary N) is 1. The fraction of sp³-hybridized carbons (Fsp3) is 0.300. The zero-order chi connectivity index (χ0) is 20.0. The smallest absolute Gasteiger partial charge is 0.339 e. The van der Waals surface area contributed by atoms with Crippen LogP contribution in [0.25, 0.3) is 0 Å². The molecule has 2 aromatic carbocycles. The number of halogens is 1. The van der Waals surface area contributed by atoms with Crippen LogP contribution in [0.5, 0.6) is 11.5 Å². The second-order valence-electron chi connectivity index (χ2n) is 6.08. The number of anilines is 1. The van der Waals surface area contributed by atoms with E-state index in [-0.39, 0.29) is 11.7 Å². The second kappa shape index (κ2) is 9.28. The van der Waals surface area contributed by atoms with Crippen LogP contribution in [0, 0.1) is 0 Å². The third-order valence-corrected chi connectivity index (χ3v) is 3.74. The van der Waals surface area contributed by atoms with Crippen molar-refractivity contribution in [2.45, 2.75) is 33.0 Å². The van der Waals surface area contributed by atoms with Crippen LogP contribution in [-0.2, 0) is 9.53 Å². The Morgan fingerprint density at radius 2 is 1.78 bits per heavy atom. The van der Waals surface area contributed by atoms with E-state index in [1.54, 1.807) is 36.4 Å². The van der Waals surface area contributed by atoms with E-state index in [0.29, 0.717) is 22.2 Å². The van der Waals surface area contributed by atoms with Crippen LogP contribution in [0.1, 0.15) is 31.1 Å². The van der Waals surface area contributed by atoms with Gasteiger partial charge in [-0.15, -0.1) is 0 Å². The maximum atomic E-state index is 12.3. The van der Waals surface area contributed by atoms with Crippen LogP contribution in [-0.4, -0.2) is 31.2 Å². The van der Waals surface area contributed by atoms with Crippen molar-refractivity contribution in [3.05, 3.63) is 53.1 Å². The summed E-state index contributed by atoms with van der Waals surface area (Å²) in [5.74, 6) is -0.166. The van der Waals surface area contributed by atoms with Crippen LogP contribution >= 0.6 is 11.6 Å². The maximum absolute atomic E-state index is 12.3. The van der Waals surface area contributed by atoms with Crippen molar-refractivity contribution in [3.63, 3.8) is 0 Å². The van der Waals surface area contributed by atoms with E-state index in [2.05, 4.69) is 5.32 Å². The number of hydrogen-bond donors (Lipinski definition) is 1. The molecular formula is C20H22ClNO5. The van der Waals surface area contributed by atoms with Gasteiger partial charge in [-0.05, 0) is 57.2 Å². The number of hydrogen-bond acceptors (Lipinski definition) is 5. The van der Waals surface area contributed by atoms with Gasteiger partial charge in [-0.1, -0.05) is 17.7 Å². The standard InChI is InChI=1S/C20H22ClNO5/c1-12(2)26-17-9-8-14(10-18(17)25-4)20(24)27-13(3)19(23)22-16-7-5-6-15(21)11-16/h5-13H,1-4H3,(H,22,23). The number of carbonyl (C=O) groups is 2. The Hall–Kier alpha value is -2.73. The highest BCUT2D eigenvalue weighted by Gasteiger charge is 2.20. The molecule has 0 aliphatic carbocycles. The van der Waals surface area contributed by atoms with Gasteiger partial charge in [-0.3, -0.25) is 4.79 Å². The first kappa shape index (κ1) is 20.6. The Labute approximate surface area is 163 Å². The Morgan fingerprint density at radius 3 is 2.41 bits per heavy atom. The van der Waals surface area contributed by atoms with Gasteiger partial charge < -0.3 is 19.5 Å². The third kappa shape index (κ3) is 5.89. The molecule has 2 rings (SSSR count). The molecule has 0 radical (unpaired) electrons. The van der Waals surface area contributed by atoms with Gasteiger partial charge in [0.15, 0.2) is 17.6 Å². The number of carbonyl (C=O) groups excluding carboxylic acids is 2. The van der Waals surface area contributed by atoms with Gasteiger partial charge in [-0.2, -0.15) is 0 Å². The molecule has 0 heterocycles. The van der Waals surface area contributed by atoms with E-state index in [1.807, 2.05) is 13.8 Å². The number of benzene rings is 2. The van der Waals surface area contributed by atoms with E-state index in [0.717, 1.165) is 0 Å². The highest BCUT2D eigenvalue weighted by atomic mass is 35.5. The zero-order valence-corrected chi connectivity index (χ0v) is 16.4. The summed E-state index contributed by atoms with van der Waals surface area (Å²) in [6, 6.07) is 11.4. The fourth-order valence-corrected chi connectivity index (χ4v) is 2.43. The second-order valence-corrected chi connectivity index (χ2v) is 6.52. The monoisotopic (exact) mass is 391 g/mol. The molecule has 0 bridgehead atoms. The fourth-order valence-electron chi connectivity index (χ4n) is 2.24. The zero-order valence-electron chi connectivity index (χ0n) is 15.6. The Bertz CT molecular complexity index is 822. The summed E-state index contributed by atoms with van der Waals surface area (Å²) in [6.07, 6.45) is -1.03. The lowest BCUT2D eigenvalue weighted by Crippen LogP contribution is -2.30. The molecular weight excluding hydrogens is 370 g/mol. The number of rotatable bonds is 7. The van der Waals surface area contributed by atoms with Crippen LogP contribution in [0.15, 0.2) is 42.5 Å². The quantitative estimate of drug-likeness (QED) is 0.711. The van der Waals surface area contributed by atoms with Crippen molar-refractivity contribution in [2.24, 2.45) is 0 Å². The lowest BCUT2D eigenvalue weighted by molar-refractivity contribution is -0.123. The molecule has 27 heavy (non-hydrogen) atoms. The van der Waals surface area contributed by atoms with E-state index < -0.39 is 18.0 Å². The highest BCUT2D eigenvalue weighted by molar-refractivity contribution is 6.30. The Morgan fingerprint density at radius 1 is 1.04 bits per heavy atom. The summed E-state index contributed by atoms with van der Waals surface area (Å²) in [4.78, 5) is 24.6. The molecule has 0 aliphatic heterocycles. The van der Waals surface area contributed by atoms with Crippen LogP contribution in [0.3, 0.4) is 0 Å². The van der Waals surface area contributed by atoms with Crippen molar-refractivity contribution in [2.75, 3.05) is 12.4 Å². The molecule has 1 unspecified atom stereocenters. The van der Waals surface area contributed by atoms with Gasteiger partial charge in [0.2, 0.25) is 0 Å². The SMILES string of the molecule is COc1cc(C(=O)OC(C)C(=O)Nc2cccc(Cl)c2)ccc1OC(C)C. The van der Waals surface area contributed by atoms with Crippen molar-refractivity contribution < 1.29 is 23.8 Å². The van der Waals surface area contributed by atoms with Crippen molar-refractivity contribution in [3.8, 4) is 11.5 Å². The first-order valence-electron chi connectivity index (χ1n) is 8.42. The first-order valence-corrected chi connectivity index (χ1v) is 8.80. The van der Waals surface area contributed by atoms with E-state index in [1.165, 1.54) is 20.1 Å². The van der Waals surface area contributed by atoms with Gasteiger partial charge in [0.05, 0.1) is 18.8 Å². The molecule has 0 aromatic heterocycles. The molecule has 0 spiro atoms. The summed E-state index contributed by atoms with van der Waals surface area (Å²) < 4.78 is 16.1. The Kier molecular flexibility index (Phi) is 7.07. The van der Waals surface area contributed by atoms with Crippen molar-refractivity contribution >= 4 is 29.2 Å². The normalized spacial score (nSPS) is 11.6. The molecule has 1 atom stereocenters. The minimum absolute atomic E-state index is 0.0353. The van der Waals surface area contributed by atoms with Gasteiger partial charge in [0.25, 0.3) is 5.91 Å². The topological polar surface area (TPSA) is 73.9 Å². The summed E-state index contributed by atoms with van der Waals surface area (Å²) in [5, 5.41) is 3.14. The average Bonchev–Trinajstić information content (AvgIpc) is 2.61. The van der Waals surface area contributed by atoms with Crippen molar-refractivity contribution in [1.82, 2.24) is 0 Å². The lowest BCUT2D eigenvalue weighted by Gasteiger charge is -2.16. The molecule has 1 N–H and O–H groups in total. The third-order valence-electron chi connectivity index (χ3n) is 3.51. The van der Waals surface area contributed by atoms with E-state index in [4.69, 9.17) is 25.8 Å². The summed E-state index contributed by atoms with van der Waals surface area (Å²) in [7, 11) is 1.48. The summed E-state index contributed by atoms with van der Waals surface area (Å²) >= 11 is 5.89. The number of amides is 1. The predicted molar refractivity (Wildman–Crippen MR) is 104 cm³/mol. The molecule has 144 valence electrons. The van der Waals surface area contributed by atoms with Gasteiger partial charge in [0, 0.05) is 10.7 Å². The Balaban J connectivity index is 2.04. The van der Waals surface area contributed by atoms with Gasteiger partial charge in [-0.25, -0.2) is 4.79 Å². The minimum atomic E-state index is -0.992. The van der Waals surface area contributed by atoms with Gasteiger partial charge in [0.1, 0.15) is 0 Å². The minimum Gasteiger partial charge on any atom is -0.493 e. The van der Waals surface area contributed by atoms with Crippen LogP contribution in [0.2, 0.25) is 5.02 Å². The van der Waals surface area contributed by atoms with E-state index >= 15 is 0 Å². The maximum Gasteiger partial charge on any atom is 0.339 e. The van der Waals surface area contributed by atoms with Crippen molar-refractivity contribution in [1.29, 1.82) is 0 Å². The summed E-state index contributed by atoms with van der Waals surface area (Å²) in [5.41, 5.74) is 0.776. The number of methoxy groups -OCH3 is 1.